The molecular formula is C36H49Cl2N3O15. The van der Waals surface area contributed by atoms with Crippen molar-refractivity contribution in [3.8, 4) is 5.75 Å². The minimum absolute atomic E-state index is 0.0132. The van der Waals surface area contributed by atoms with Crippen LogP contribution in [-0.4, -0.2) is 156 Å². The highest BCUT2D eigenvalue weighted by atomic mass is 35.5. The van der Waals surface area contributed by atoms with E-state index in [0.717, 1.165) is 0 Å². The molecule has 56 heavy (non-hydrogen) atoms. The second-order valence-corrected chi connectivity index (χ2v) is 12.9. The molecule has 1 aliphatic heterocycles. The van der Waals surface area contributed by atoms with E-state index in [1.165, 1.54) is 20.3 Å². The summed E-state index contributed by atoms with van der Waals surface area (Å²) >= 11 is 13.1. The summed E-state index contributed by atoms with van der Waals surface area (Å²) in [4.78, 5) is 48.8. The van der Waals surface area contributed by atoms with Crippen LogP contribution in [-0.2, 0) is 49.4 Å². The van der Waals surface area contributed by atoms with Gasteiger partial charge in [0.25, 0.3) is 11.8 Å². The molecule has 3 amide bonds. The molecule has 5 atom stereocenters. The van der Waals surface area contributed by atoms with E-state index in [-0.39, 0.29) is 106 Å². The number of carbonyl (C=O) groups is 4. The molecular weight excluding hydrogens is 785 g/mol. The van der Waals surface area contributed by atoms with Crippen LogP contribution in [0.15, 0.2) is 30.3 Å². The number of benzene rings is 2. The summed E-state index contributed by atoms with van der Waals surface area (Å²) in [5.41, 5.74) is 1.40. The summed E-state index contributed by atoms with van der Waals surface area (Å²) in [7, 11) is 2.56. The van der Waals surface area contributed by atoms with Crippen LogP contribution in [0.3, 0.4) is 0 Å². The van der Waals surface area contributed by atoms with Gasteiger partial charge < -0.3 is 69.2 Å². The number of hydrogen-bond donors (Lipinski definition) is 6. The first-order valence-corrected chi connectivity index (χ1v) is 18.3. The molecule has 3 rings (SSSR count). The number of nitrogens with one attached hydrogen (secondary N) is 3. The first-order chi connectivity index (χ1) is 26.9. The van der Waals surface area contributed by atoms with E-state index < -0.39 is 49.1 Å². The normalized spacial score (nSPS) is 19.2. The van der Waals surface area contributed by atoms with Crippen molar-refractivity contribution in [3.05, 3.63) is 62.6 Å². The lowest BCUT2D eigenvalue weighted by Crippen LogP contribution is -2.64. The zero-order chi connectivity index (χ0) is 41.0. The minimum Gasteiger partial charge on any atom is -0.486 e. The Bertz CT molecular complexity index is 1580. The van der Waals surface area contributed by atoms with Crippen LogP contribution in [0.5, 0.6) is 5.75 Å². The Morgan fingerprint density at radius 3 is 2.16 bits per heavy atom. The highest BCUT2D eigenvalue weighted by molar-refractivity contribution is 6.38. The quantitative estimate of drug-likeness (QED) is 0.0610. The van der Waals surface area contributed by atoms with Crippen LogP contribution in [0.4, 0.5) is 0 Å². The summed E-state index contributed by atoms with van der Waals surface area (Å²) in [5, 5.41) is 38.4. The number of esters is 1. The van der Waals surface area contributed by atoms with E-state index in [4.69, 9.17) is 56.4 Å². The Hall–Kier alpha value is -3.66. The zero-order valence-electron chi connectivity index (χ0n) is 31.3. The van der Waals surface area contributed by atoms with Crippen LogP contribution in [0.1, 0.15) is 31.8 Å². The highest BCUT2D eigenvalue weighted by Gasteiger charge is 2.45. The molecule has 1 aliphatic rings. The summed E-state index contributed by atoms with van der Waals surface area (Å²) in [5.74, 6) is -1.70. The van der Waals surface area contributed by atoms with Crippen molar-refractivity contribution in [2.24, 2.45) is 0 Å². The Morgan fingerprint density at radius 1 is 0.839 bits per heavy atom. The van der Waals surface area contributed by atoms with Gasteiger partial charge in [0.05, 0.1) is 63.4 Å². The molecule has 6 N–H and O–H groups in total. The number of ether oxygens (including phenoxy) is 8. The van der Waals surface area contributed by atoms with E-state index >= 15 is 0 Å². The van der Waals surface area contributed by atoms with Gasteiger partial charge in [-0.3, -0.25) is 14.4 Å². The number of aliphatic hydroxyl groups is 3. The summed E-state index contributed by atoms with van der Waals surface area (Å²) in [6.45, 7) is 2.56. The Balaban J connectivity index is 1.36. The number of methoxy groups -OCH3 is 2. The van der Waals surface area contributed by atoms with Crippen molar-refractivity contribution in [2.75, 3.05) is 86.8 Å². The van der Waals surface area contributed by atoms with Crippen LogP contribution in [0.2, 0.25) is 10.0 Å². The molecule has 0 aromatic heterocycles. The molecule has 0 spiro atoms. The number of aliphatic hydroxyl groups excluding tert-OH is 3. The monoisotopic (exact) mass is 833 g/mol. The van der Waals surface area contributed by atoms with Crippen molar-refractivity contribution < 1.29 is 72.4 Å². The molecule has 0 saturated carbocycles. The molecule has 0 unspecified atom stereocenters. The first kappa shape index (κ1) is 46.7. The molecule has 2 aromatic carbocycles. The SMILES string of the molecule is COC(=O)COCCOCCNC(=O)COCCOCCNC(=O)c1cccc(COc2c(Cl)cc(C(=O)N[C@H]3[C@@H](OC)O[C@H](CO)[C@@H](O)[C@@H]3O)c(C)c2Cl)c1. The topological polar surface area (TPSA) is 239 Å². The van der Waals surface area contributed by atoms with Crippen molar-refractivity contribution in [3.63, 3.8) is 0 Å². The fourth-order valence-corrected chi connectivity index (χ4v) is 5.72. The third kappa shape index (κ3) is 14.7. The maximum absolute atomic E-state index is 13.3. The van der Waals surface area contributed by atoms with E-state index in [0.29, 0.717) is 16.7 Å². The predicted octanol–water partition coefficient (Wildman–Crippen LogP) is 0.150. The Kier molecular flexibility index (Phi) is 20.7. The fraction of sp³-hybridized carbons (Fsp3) is 0.556. The standard InChI is InChI=1S/C36H49Cl2N3O15/c1-21-24(35(48)41-30-32(46)31(45)26(17-42)56-36(30)50-3)16-25(37)33(29(21)38)55-18-22-5-4-6-23(15-22)34(47)40-8-10-52-11-13-53-19-27(43)39-7-9-51-12-14-54-20-28(44)49-2/h4-6,15-16,26,30-32,36,42,45-46H,7-14,17-20H2,1-3H3,(H,39,43)(H,40,47)(H,41,48)/t26-,30-,31-,32-,36+/m1/s1. The smallest absolute Gasteiger partial charge is 0.331 e. The van der Waals surface area contributed by atoms with Crippen LogP contribution < -0.4 is 20.7 Å². The second kappa shape index (κ2) is 24.9. The molecule has 18 nitrogen and oxygen atoms in total. The lowest BCUT2D eigenvalue weighted by atomic mass is 9.96. The lowest BCUT2D eigenvalue weighted by Gasteiger charge is -2.41. The zero-order valence-corrected chi connectivity index (χ0v) is 32.8. The minimum atomic E-state index is -1.51. The molecule has 0 aliphatic carbocycles. The first-order valence-electron chi connectivity index (χ1n) is 17.5. The van der Waals surface area contributed by atoms with Gasteiger partial charge in [0, 0.05) is 31.3 Å². The van der Waals surface area contributed by atoms with Gasteiger partial charge in [-0.25, -0.2) is 4.79 Å². The van der Waals surface area contributed by atoms with Gasteiger partial charge >= 0.3 is 5.97 Å². The molecule has 312 valence electrons. The van der Waals surface area contributed by atoms with Gasteiger partial charge in [-0.15, -0.1) is 0 Å². The molecule has 0 radical (unpaired) electrons. The van der Waals surface area contributed by atoms with E-state index in [1.54, 1.807) is 31.2 Å². The average Bonchev–Trinajstić information content (AvgIpc) is 3.19. The maximum Gasteiger partial charge on any atom is 0.331 e. The molecule has 0 bridgehead atoms. The lowest BCUT2D eigenvalue weighted by molar-refractivity contribution is -0.261. The van der Waals surface area contributed by atoms with Gasteiger partial charge in [0.15, 0.2) is 12.0 Å². The fourth-order valence-electron chi connectivity index (χ4n) is 5.16. The highest BCUT2D eigenvalue weighted by Crippen LogP contribution is 2.38. The number of halogens is 2. The Labute approximate surface area is 333 Å². The summed E-state index contributed by atoms with van der Waals surface area (Å²) < 4.78 is 42.1. The van der Waals surface area contributed by atoms with Crippen LogP contribution in [0.25, 0.3) is 0 Å². The third-order valence-corrected chi connectivity index (χ3v) is 8.91. The van der Waals surface area contributed by atoms with Crippen molar-refractivity contribution >= 4 is 46.9 Å². The van der Waals surface area contributed by atoms with Gasteiger partial charge in [-0.2, -0.15) is 0 Å². The largest absolute Gasteiger partial charge is 0.486 e. The van der Waals surface area contributed by atoms with Crippen molar-refractivity contribution in [1.29, 1.82) is 0 Å². The molecule has 2 aromatic rings. The van der Waals surface area contributed by atoms with Gasteiger partial charge in [0.2, 0.25) is 5.91 Å². The maximum atomic E-state index is 13.3. The molecule has 20 heteroatoms. The summed E-state index contributed by atoms with van der Waals surface area (Å²) in [6, 6.07) is 6.88. The van der Waals surface area contributed by atoms with E-state index in [1.807, 2.05) is 0 Å². The number of amides is 3. The van der Waals surface area contributed by atoms with Gasteiger partial charge in [-0.1, -0.05) is 35.3 Å². The predicted molar refractivity (Wildman–Crippen MR) is 199 cm³/mol. The molecule has 1 heterocycles. The van der Waals surface area contributed by atoms with Gasteiger partial charge in [0.1, 0.15) is 44.2 Å². The second-order valence-electron chi connectivity index (χ2n) is 12.1. The van der Waals surface area contributed by atoms with Crippen molar-refractivity contribution in [2.45, 2.75) is 44.2 Å². The van der Waals surface area contributed by atoms with Crippen LogP contribution >= 0.6 is 23.2 Å². The van der Waals surface area contributed by atoms with Crippen molar-refractivity contribution in [1.82, 2.24) is 16.0 Å². The molecule has 1 fully saturated rings. The van der Waals surface area contributed by atoms with E-state index in [2.05, 4.69) is 20.7 Å². The Morgan fingerprint density at radius 2 is 1.50 bits per heavy atom. The van der Waals surface area contributed by atoms with Crippen LogP contribution in [0, 0.1) is 6.92 Å². The number of carbonyl (C=O) groups excluding carboxylic acids is 4. The number of rotatable bonds is 24. The van der Waals surface area contributed by atoms with Gasteiger partial charge in [-0.05, 0) is 36.2 Å². The number of hydrogen-bond acceptors (Lipinski definition) is 15. The van der Waals surface area contributed by atoms with E-state index in [9.17, 15) is 34.5 Å². The third-order valence-electron chi connectivity index (χ3n) is 8.17. The summed E-state index contributed by atoms with van der Waals surface area (Å²) in [6.07, 6.45) is -5.25. The average molecular weight is 835 g/mol. The molecule has 1 saturated heterocycles.